The Kier molecular flexibility index (Phi) is 4.80. The predicted molar refractivity (Wildman–Crippen MR) is 87.5 cm³/mol. The molecule has 2 aromatic carbocycles. The largest absolute Gasteiger partial charge is 0.381 e. The summed E-state index contributed by atoms with van der Waals surface area (Å²) in [6.45, 7) is 7.07. The van der Waals surface area contributed by atoms with Crippen LogP contribution in [0.4, 0.5) is 5.69 Å². The van der Waals surface area contributed by atoms with Crippen LogP contribution in [0.5, 0.6) is 0 Å². The van der Waals surface area contributed by atoms with E-state index in [9.17, 15) is 0 Å². The molecule has 2 rings (SSSR count). The molecule has 0 spiro atoms. The van der Waals surface area contributed by atoms with Gasteiger partial charge in [0.2, 0.25) is 0 Å². The average molecular weight is 316 g/mol. The van der Waals surface area contributed by atoms with Crippen molar-refractivity contribution in [3.05, 3.63) is 70.7 Å². The van der Waals surface area contributed by atoms with Gasteiger partial charge in [-0.25, -0.2) is 0 Å². The van der Waals surface area contributed by atoms with Crippen LogP contribution in [0.15, 0.2) is 59.6 Å². The Labute approximate surface area is 123 Å². The van der Waals surface area contributed by atoms with Crippen molar-refractivity contribution in [3.8, 4) is 0 Å². The van der Waals surface area contributed by atoms with Crippen molar-refractivity contribution < 1.29 is 0 Å². The van der Waals surface area contributed by atoms with Crippen LogP contribution < -0.4 is 5.32 Å². The quantitative estimate of drug-likeness (QED) is 0.805. The molecule has 0 aliphatic carbocycles. The van der Waals surface area contributed by atoms with Crippen LogP contribution in [0.3, 0.4) is 0 Å². The van der Waals surface area contributed by atoms with E-state index in [1.807, 2.05) is 18.2 Å². The van der Waals surface area contributed by atoms with Crippen LogP contribution in [-0.2, 0) is 6.42 Å². The van der Waals surface area contributed by atoms with E-state index < -0.39 is 0 Å². The maximum atomic E-state index is 4.14. The van der Waals surface area contributed by atoms with Gasteiger partial charge in [0.15, 0.2) is 0 Å². The van der Waals surface area contributed by atoms with Gasteiger partial charge in [0.1, 0.15) is 0 Å². The smallest absolute Gasteiger partial charge is 0.0400 e. The SMILES string of the molecule is C=C(CNc1ccc(Br)cc1CC)c1ccccc1. The second-order valence-electron chi connectivity index (χ2n) is 4.48. The number of aryl methyl sites for hydroxylation is 1. The molecule has 0 radical (unpaired) electrons. The van der Waals surface area contributed by atoms with E-state index in [4.69, 9.17) is 0 Å². The lowest BCUT2D eigenvalue weighted by atomic mass is 10.1. The first-order valence-electron chi connectivity index (χ1n) is 6.46. The molecule has 0 unspecified atom stereocenters. The van der Waals surface area contributed by atoms with E-state index in [1.54, 1.807) is 0 Å². The number of hydrogen-bond acceptors (Lipinski definition) is 1. The molecule has 0 aliphatic heterocycles. The maximum absolute atomic E-state index is 4.14. The third-order valence-electron chi connectivity index (χ3n) is 3.12. The standard InChI is InChI=1S/C17H18BrN/c1-3-14-11-16(18)9-10-17(14)19-12-13(2)15-7-5-4-6-8-15/h4-11,19H,2-3,12H2,1H3. The van der Waals surface area contributed by atoms with E-state index in [-0.39, 0.29) is 0 Å². The molecule has 0 bridgehead atoms. The van der Waals surface area contributed by atoms with Crippen LogP contribution >= 0.6 is 15.9 Å². The van der Waals surface area contributed by atoms with E-state index in [0.717, 1.165) is 23.0 Å². The molecule has 2 heteroatoms. The van der Waals surface area contributed by atoms with E-state index in [2.05, 4.69) is 65.1 Å². The summed E-state index contributed by atoms with van der Waals surface area (Å²) >= 11 is 3.51. The number of benzene rings is 2. The first-order chi connectivity index (χ1) is 9.20. The van der Waals surface area contributed by atoms with Crippen molar-refractivity contribution >= 4 is 27.2 Å². The molecule has 0 amide bonds. The number of halogens is 1. The molecule has 0 aromatic heterocycles. The van der Waals surface area contributed by atoms with Crippen LogP contribution in [0.2, 0.25) is 0 Å². The topological polar surface area (TPSA) is 12.0 Å². The summed E-state index contributed by atoms with van der Waals surface area (Å²) < 4.78 is 1.12. The number of nitrogens with one attached hydrogen (secondary N) is 1. The van der Waals surface area contributed by atoms with Gasteiger partial charge in [-0.3, -0.25) is 0 Å². The maximum Gasteiger partial charge on any atom is 0.0400 e. The molecular weight excluding hydrogens is 298 g/mol. The minimum atomic E-state index is 0.763. The lowest BCUT2D eigenvalue weighted by Gasteiger charge is -2.13. The Morgan fingerprint density at radius 1 is 1.16 bits per heavy atom. The highest BCUT2D eigenvalue weighted by Gasteiger charge is 2.03. The van der Waals surface area contributed by atoms with Crippen molar-refractivity contribution in [2.45, 2.75) is 13.3 Å². The molecule has 0 heterocycles. The van der Waals surface area contributed by atoms with Gasteiger partial charge < -0.3 is 5.32 Å². The van der Waals surface area contributed by atoms with Crippen LogP contribution in [0, 0.1) is 0 Å². The Bertz CT molecular complexity index is 561. The van der Waals surface area contributed by atoms with E-state index in [1.165, 1.54) is 16.8 Å². The second-order valence-corrected chi connectivity index (χ2v) is 5.39. The monoisotopic (exact) mass is 315 g/mol. The minimum absolute atomic E-state index is 0.763. The predicted octanol–water partition coefficient (Wildman–Crippen LogP) is 5.14. The van der Waals surface area contributed by atoms with Crippen molar-refractivity contribution in [1.29, 1.82) is 0 Å². The number of rotatable bonds is 5. The summed E-state index contributed by atoms with van der Waals surface area (Å²) in [5, 5.41) is 3.47. The average Bonchev–Trinajstić information content (AvgIpc) is 2.46. The van der Waals surface area contributed by atoms with Crippen LogP contribution in [0.25, 0.3) is 5.57 Å². The van der Waals surface area contributed by atoms with Gasteiger partial charge >= 0.3 is 0 Å². The third kappa shape index (κ3) is 3.71. The first kappa shape index (κ1) is 13.9. The second kappa shape index (κ2) is 6.58. The molecule has 0 saturated carbocycles. The minimum Gasteiger partial charge on any atom is -0.381 e. The summed E-state index contributed by atoms with van der Waals surface area (Å²) in [6.07, 6.45) is 1.01. The van der Waals surface area contributed by atoms with Crippen LogP contribution in [0.1, 0.15) is 18.1 Å². The number of anilines is 1. The van der Waals surface area contributed by atoms with Crippen molar-refractivity contribution in [2.24, 2.45) is 0 Å². The summed E-state index contributed by atoms with van der Waals surface area (Å²) in [5.74, 6) is 0. The van der Waals surface area contributed by atoms with Crippen molar-refractivity contribution in [2.75, 3.05) is 11.9 Å². The lowest BCUT2D eigenvalue weighted by molar-refractivity contribution is 1.13. The fourth-order valence-corrected chi connectivity index (χ4v) is 2.41. The summed E-state index contributed by atoms with van der Waals surface area (Å²) in [5.41, 5.74) is 4.79. The fourth-order valence-electron chi connectivity index (χ4n) is 2.01. The molecule has 2 aromatic rings. The lowest BCUT2D eigenvalue weighted by Crippen LogP contribution is -2.05. The molecule has 0 atom stereocenters. The zero-order chi connectivity index (χ0) is 13.7. The van der Waals surface area contributed by atoms with E-state index >= 15 is 0 Å². The van der Waals surface area contributed by atoms with Gasteiger partial charge in [-0.1, -0.05) is 59.8 Å². The molecule has 0 aliphatic rings. The highest BCUT2D eigenvalue weighted by molar-refractivity contribution is 9.10. The Hall–Kier alpha value is -1.54. The zero-order valence-electron chi connectivity index (χ0n) is 11.1. The van der Waals surface area contributed by atoms with E-state index in [0.29, 0.717) is 0 Å². The molecule has 1 nitrogen and oxygen atoms in total. The van der Waals surface area contributed by atoms with Gasteiger partial charge in [-0.2, -0.15) is 0 Å². The van der Waals surface area contributed by atoms with Gasteiger partial charge in [0.05, 0.1) is 0 Å². The van der Waals surface area contributed by atoms with Gasteiger partial charge in [-0.05, 0) is 41.3 Å². The van der Waals surface area contributed by atoms with Crippen LogP contribution in [-0.4, -0.2) is 6.54 Å². The highest BCUT2D eigenvalue weighted by Crippen LogP contribution is 2.22. The Balaban J connectivity index is 2.05. The molecule has 0 fully saturated rings. The molecule has 0 saturated heterocycles. The molecule has 98 valence electrons. The summed E-state index contributed by atoms with van der Waals surface area (Å²) in [7, 11) is 0. The number of hydrogen-bond donors (Lipinski definition) is 1. The van der Waals surface area contributed by atoms with Crippen molar-refractivity contribution in [1.82, 2.24) is 0 Å². The summed E-state index contributed by atoms with van der Waals surface area (Å²) in [4.78, 5) is 0. The third-order valence-corrected chi connectivity index (χ3v) is 3.62. The normalized spacial score (nSPS) is 10.2. The Morgan fingerprint density at radius 2 is 1.89 bits per heavy atom. The van der Waals surface area contributed by atoms with Gasteiger partial charge in [0.25, 0.3) is 0 Å². The van der Waals surface area contributed by atoms with Crippen molar-refractivity contribution in [3.63, 3.8) is 0 Å². The zero-order valence-corrected chi connectivity index (χ0v) is 12.7. The van der Waals surface area contributed by atoms with Gasteiger partial charge in [-0.15, -0.1) is 0 Å². The molecule has 1 N–H and O–H groups in total. The van der Waals surface area contributed by atoms with Gasteiger partial charge in [0, 0.05) is 16.7 Å². The molecule has 19 heavy (non-hydrogen) atoms. The Morgan fingerprint density at radius 3 is 2.58 bits per heavy atom. The first-order valence-corrected chi connectivity index (χ1v) is 7.25. The fraction of sp³-hybridized carbons (Fsp3) is 0.176. The molecular formula is C17H18BrN. The summed E-state index contributed by atoms with van der Waals surface area (Å²) in [6, 6.07) is 16.6. The highest BCUT2D eigenvalue weighted by atomic mass is 79.9.